The number of hydrogen-bond acceptors (Lipinski definition) is 4. The molecule has 28 heavy (non-hydrogen) atoms. The minimum absolute atomic E-state index is 0.213. The Balaban J connectivity index is 1.74. The maximum absolute atomic E-state index is 11.2. The van der Waals surface area contributed by atoms with E-state index in [4.69, 9.17) is 11.6 Å². The Labute approximate surface area is 174 Å². The molecule has 5 nitrogen and oxygen atoms in total. The summed E-state index contributed by atoms with van der Waals surface area (Å²) in [7, 11) is 0. The van der Waals surface area contributed by atoms with E-state index < -0.39 is 5.97 Å². The summed E-state index contributed by atoms with van der Waals surface area (Å²) >= 11 is 6.48. The van der Waals surface area contributed by atoms with E-state index in [-0.39, 0.29) is 11.5 Å². The van der Waals surface area contributed by atoms with Crippen molar-refractivity contribution < 1.29 is 9.90 Å². The van der Waals surface area contributed by atoms with Crippen LogP contribution >= 0.6 is 11.6 Å². The fraction of sp³-hybridized carbons (Fsp3) is 0.682. The van der Waals surface area contributed by atoms with Crippen LogP contribution in [0.1, 0.15) is 51.5 Å². The van der Waals surface area contributed by atoms with Crippen LogP contribution in [-0.2, 0) is 11.3 Å². The van der Waals surface area contributed by atoms with Gasteiger partial charge in [-0.15, -0.1) is 0 Å². The molecule has 0 aliphatic carbocycles. The molecule has 2 fully saturated rings. The van der Waals surface area contributed by atoms with Gasteiger partial charge in [-0.25, -0.2) is 0 Å². The standard InChI is InChI=1S/C22H34ClN3O2/c1-3-22(7-9-24-10-8-22)26(4-2)16-17-13-19(23)15-20(14-17)25-11-5-18(6-12-25)21(27)28/h13-15,18,24H,3-12,16H2,1-2H3,(H,27,28). The molecule has 2 saturated heterocycles. The SMILES string of the molecule is CCN(Cc1cc(Cl)cc(N2CCC(C(=O)O)CC2)c1)C1(CC)CCNCC1. The molecule has 0 amide bonds. The van der Waals surface area contributed by atoms with E-state index in [9.17, 15) is 9.90 Å². The lowest BCUT2D eigenvalue weighted by atomic mass is 9.83. The Morgan fingerprint density at radius 3 is 2.50 bits per heavy atom. The number of anilines is 1. The number of nitrogens with zero attached hydrogens (tertiary/aromatic N) is 2. The Hall–Kier alpha value is -1.30. The van der Waals surface area contributed by atoms with Crippen molar-refractivity contribution in [1.29, 1.82) is 0 Å². The Bertz CT molecular complexity index is 668. The van der Waals surface area contributed by atoms with Crippen LogP contribution in [0.3, 0.4) is 0 Å². The summed E-state index contributed by atoms with van der Waals surface area (Å²) in [4.78, 5) is 16.1. The van der Waals surface area contributed by atoms with E-state index in [0.29, 0.717) is 12.8 Å². The molecule has 0 radical (unpaired) electrons. The Morgan fingerprint density at radius 2 is 1.93 bits per heavy atom. The summed E-state index contributed by atoms with van der Waals surface area (Å²) in [6.45, 7) is 10.2. The number of hydrogen-bond donors (Lipinski definition) is 2. The molecule has 2 aliphatic rings. The average Bonchev–Trinajstić information content (AvgIpc) is 2.72. The molecule has 1 aromatic rings. The third kappa shape index (κ3) is 4.81. The van der Waals surface area contributed by atoms with Crippen molar-refractivity contribution >= 4 is 23.3 Å². The lowest BCUT2D eigenvalue weighted by Crippen LogP contribution is -2.53. The topological polar surface area (TPSA) is 55.8 Å². The van der Waals surface area contributed by atoms with Crippen molar-refractivity contribution in [3.05, 3.63) is 28.8 Å². The number of aliphatic carboxylic acids is 1. The highest BCUT2D eigenvalue weighted by atomic mass is 35.5. The van der Waals surface area contributed by atoms with Gasteiger partial charge in [-0.1, -0.05) is 25.4 Å². The number of nitrogens with one attached hydrogen (secondary N) is 1. The van der Waals surface area contributed by atoms with Crippen LogP contribution in [0.2, 0.25) is 5.02 Å². The number of piperidine rings is 2. The summed E-state index contributed by atoms with van der Waals surface area (Å²) in [5, 5.41) is 13.5. The molecule has 0 spiro atoms. The first-order valence-corrected chi connectivity index (χ1v) is 11.1. The molecule has 1 aromatic carbocycles. The van der Waals surface area contributed by atoms with Gasteiger partial charge in [-0.05, 0) is 75.5 Å². The zero-order valence-electron chi connectivity index (χ0n) is 17.2. The first-order chi connectivity index (χ1) is 13.5. The van der Waals surface area contributed by atoms with E-state index >= 15 is 0 Å². The highest BCUT2D eigenvalue weighted by Gasteiger charge is 2.35. The maximum Gasteiger partial charge on any atom is 0.306 e. The first kappa shape index (κ1) is 21.4. The molecule has 6 heteroatoms. The van der Waals surface area contributed by atoms with Crippen molar-refractivity contribution in [1.82, 2.24) is 10.2 Å². The van der Waals surface area contributed by atoms with Crippen LogP contribution in [0.25, 0.3) is 0 Å². The quantitative estimate of drug-likeness (QED) is 0.715. The summed E-state index contributed by atoms with van der Waals surface area (Å²) in [5.74, 6) is -0.883. The third-order valence-corrected chi connectivity index (χ3v) is 6.99. The van der Waals surface area contributed by atoms with E-state index in [1.807, 2.05) is 6.07 Å². The van der Waals surface area contributed by atoms with Crippen molar-refractivity contribution in [3.8, 4) is 0 Å². The van der Waals surface area contributed by atoms with Crippen LogP contribution in [0.15, 0.2) is 18.2 Å². The molecule has 0 aromatic heterocycles. The molecule has 2 N–H and O–H groups in total. The van der Waals surface area contributed by atoms with Gasteiger partial charge in [-0.3, -0.25) is 9.69 Å². The van der Waals surface area contributed by atoms with Crippen molar-refractivity contribution in [2.45, 2.75) is 58.0 Å². The van der Waals surface area contributed by atoms with Gasteiger partial charge in [0.25, 0.3) is 0 Å². The zero-order chi connectivity index (χ0) is 20.1. The van der Waals surface area contributed by atoms with Crippen LogP contribution < -0.4 is 10.2 Å². The number of benzene rings is 1. The molecular weight excluding hydrogens is 374 g/mol. The molecule has 156 valence electrons. The van der Waals surface area contributed by atoms with Crippen molar-refractivity contribution in [2.24, 2.45) is 5.92 Å². The zero-order valence-corrected chi connectivity index (χ0v) is 18.0. The summed E-state index contributed by atoms with van der Waals surface area (Å²) < 4.78 is 0. The number of carboxylic acids is 1. The summed E-state index contributed by atoms with van der Waals surface area (Å²) in [6, 6.07) is 6.35. The summed E-state index contributed by atoms with van der Waals surface area (Å²) in [6.07, 6.45) is 4.94. The monoisotopic (exact) mass is 407 g/mol. The minimum atomic E-state index is -0.670. The molecule has 2 heterocycles. The molecule has 0 unspecified atom stereocenters. The van der Waals surface area contributed by atoms with Crippen LogP contribution in [0.4, 0.5) is 5.69 Å². The van der Waals surface area contributed by atoms with Crippen LogP contribution in [0, 0.1) is 5.92 Å². The minimum Gasteiger partial charge on any atom is -0.481 e. The van der Waals surface area contributed by atoms with Crippen molar-refractivity contribution in [2.75, 3.05) is 37.6 Å². The van der Waals surface area contributed by atoms with Gasteiger partial charge < -0.3 is 15.3 Å². The van der Waals surface area contributed by atoms with Gasteiger partial charge in [0.2, 0.25) is 0 Å². The van der Waals surface area contributed by atoms with Gasteiger partial charge in [0.1, 0.15) is 0 Å². The largest absolute Gasteiger partial charge is 0.481 e. The third-order valence-electron chi connectivity index (χ3n) is 6.77. The molecule has 0 atom stereocenters. The maximum atomic E-state index is 11.2. The lowest BCUT2D eigenvalue weighted by Gasteiger charge is -2.46. The van der Waals surface area contributed by atoms with Gasteiger partial charge in [0.15, 0.2) is 0 Å². The van der Waals surface area contributed by atoms with Gasteiger partial charge in [-0.2, -0.15) is 0 Å². The molecule has 0 saturated carbocycles. The number of halogens is 1. The second-order valence-corrected chi connectivity index (χ2v) is 8.70. The van der Waals surface area contributed by atoms with Gasteiger partial charge in [0, 0.05) is 35.9 Å². The number of carbonyl (C=O) groups is 1. The van der Waals surface area contributed by atoms with E-state index in [1.165, 1.54) is 24.8 Å². The first-order valence-electron chi connectivity index (χ1n) is 10.7. The predicted octanol–water partition coefficient (Wildman–Crippen LogP) is 4.00. The second kappa shape index (κ2) is 9.47. The van der Waals surface area contributed by atoms with E-state index in [0.717, 1.165) is 50.0 Å². The molecule has 3 rings (SSSR count). The van der Waals surface area contributed by atoms with Crippen LogP contribution in [-0.4, -0.2) is 54.2 Å². The number of carboxylic acid groups (broad SMARTS) is 1. The molecule has 2 aliphatic heterocycles. The summed E-state index contributed by atoms with van der Waals surface area (Å²) in [5.41, 5.74) is 2.64. The number of rotatable bonds is 7. The lowest BCUT2D eigenvalue weighted by molar-refractivity contribution is -0.142. The fourth-order valence-corrected chi connectivity index (χ4v) is 5.16. The predicted molar refractivity (Wildman–Crippen MR) is 115 cm³/mol. The highest BCUT2D eigenvalue weighted by molar-refractivity contribution is 6.30. The van der Waals surface area contributed by atoms with Crippen molar-refractivity contribution in [3.63, 3.8) is 0 Å². The normalized spacial score (nSPS) is 20.5. The second-order valence-electron chi connectivity index (χ2n) is 8.26. The van der Waals surface area contributed by atoms with Gasteiger partial charge >= 0.3 is 5.97 Å². The fourth-order valence-electron chi connectivity index (χ4n) is 4.91. The smallest absolute Gasteiger partial charge is 0.306 e. The Morgan fingerprint density at radius 1 is 1.25 bits per heavy atom. The Kier molecular flexibility index (Phi) is 7.24. The van der Waals surface area contributed by atoms with E-state index in [1.54, 1.807) is 0 Å². The van der Waals surface area contributed by atoms with E-state index in [2.05, 4.69) is 41.1 Å². The molecular formula is C22H34ClN3O2. The highest BCUT2D eigenvalue weighted by Crippen LogP contribution is 2.33. The van der Waals surface area contributed by atoms with Crippen LogP contribution in [0.5, 0.6) is 0 Å². The molecule has 0 bridgehead atoms. The average molecular weight is 408 g/mol. The van der Waals surface area contributed by atoms with Gasteiger partial charge in [0.05, 0.1) is 5.92 Å².